The van der Waals surface area contributed by atoms with E-state index in [0.717, 1.165) is 21.3 Å². The Balaban J connectivity index is 1.68. The first-order valence-electron chi connectivity index (χ1n) is 10.8. The number of hydrogen-bond acceptors (Lipinski definition) is 6. The van der Waals surface area contributed by atoms with Crippen LogP contribution in [0.25, 0.3) is 0 Å². The Morgan fingerprint density at radius 1 is 1.24 bits per heavy atom. The van der Waals surface area contributed by atoms with Crippen LogP contribution >= 0.6 is 27.7 Å². The van der Waals surface area contributed by atoms with Gasteiger partial charge in [-0.05, 0) is 54.3 Å². The zero-order chi connectivity index (χ0) is 24.7. The van der Waals surface area contributed by atoms with E-state index in [1.165, 1.54) is 11.8 Å². The Morgan fingerprint density at radius 3 is 2.71 bits per heavy atom. The first-order valence-corrected chi connectivity index (χ1v) is 12.6. The van der Waals surface area contributed by atoms with E-state index in [0.29, 0.717) is 34.9 Å². The summed E-state index contributed by atoms with van der Waals surface area (Å²) in [4.78, 5) is 12.6. The molecule has 0 bridgehead atoms. The molecule has 0 fully saturated rings. The van der Waals surface area contributed by atoms with E-state index < -0.39 is 0 Å². The van der Waals surface area contributed by atoms with Crippen LogP contribution in [0.15, 0.2) is 58.7 Å². The molecule has 0 atom stereocenters. The predicted molar refractivity (Wildman–Crippen MR) is 140 cm³/mol. The summed E-state index contributed by atoms with van der Waals surface area (Å²) in [7, 11) is 1.58. The average Bonchev–Trinajstić information content (AvgIpc) is 3.18. The molecule has 180 valence electrons. The Hall–Kier alpha value is -2.78. The van der Waals surface area contributed by atoms with Gasteiger partial charge in [0.05, 0.1) is 18.6 Å². The molecule has 0 aliphatic carbocycles. The Bertz CT molecular complexity index is 1160. The number of aromatic nitrogens is 3. The number of nitrogens with zero attached hydrogens (tertiary/aromatic N) is 3. The first kappa shape index (κ1) is 25.8. The highest BCUT2D eigenvalue weighted by Gasteiger charge is 2.16. The number of amides is 1. The minimum atomic E-state index is -0.156. The lowest BCUT2D eigenvalue weighted by atomic mass is 10.0. The number of methoxy groups -OCH3 is 1. The summed E-state index contributed by atoms with van der Waals surface area (Å²) in [5, 5.41) is 12.1. The van der Waals surface area contributed by atoms with Crippen LogP contribution in [0.4, 0.5) is 5.69 Å². The van der Waals surface area contributed by atoms with Gasteiger partial charge in [0, 0.05) is 11.0 Å². The third kappa shape index (κ3) is 6.64. The zero-order valence-corrected chi connectivity index (χ0v) is 22.2. The smallest absolute Gasteiger partial charge is 0.234 e. The summed E-state index contributed by atoms with van der Waals surface area (Å²) in [6.07, 6.45) is 1.77. The first-order chi connectivity index (χ1) is 16.3. The van der Waals surface area contributed by atoms with E-state index in [2.05, 4.69) is 57.9 Å². The molecule has 3 aromatic rings. The summed E-state index contributed by atoms with van der Waals surface area (Å²) in [5.74, 6) is 2.43. The molecule has 0 unspecified atom stereocenters. The molecule has 0 aliphatic heterocycles. The van der Waals surface area contributed by atoms with E-state index in [4.69, 9.17) is 9.47 Å². The summed E-state index contributed by atoms with van der Waals surface area (Å²) in [5.41, 5.74) is 2.79. The van der Waals surface area contributed by atoms with E-state index >= 15 is 0 Å². The van der Waals surface area contributed by atoms with E-state index in [1.807, 2.05) is 41.8 Å². The lowest BCUT2D eigenvalue weighted by Crippen LogP contribution is -2.15. The third-order valence-electron chi connectivity index (χ3n) is 5.02. The van der Waals surface area contributed by atoms with Crippen LogP contribution in [0.3, 0.4) is 0 Å². The molecule has 2 aromatic carbocycles. The number of benzene rings is 2. The fraction of sp³-hybridized carbons (Fsp3) is 0.320. The van der Waals surface area contributed by atoms with Gasteiger partial charge in [0.25, 0.3) is 0 Å². The van der Waals surface area contributed by atoms with Crippen molar-refractivity contribution < 1.29 is 14.3 Å². The van der Waals surface area contributed by atoms with Crippen LogP contribution in [-0.2, 0) is 17.9 Å². The van der Waals surface area contributed by atoms with E-state index in [1.54, 1.807) is 13.2 Å². The Morgan fingerprint density at radius 2 is 2.00 bits per heavy atom. The molecule has 1 aromatic heterocycles. The highest BCUT2D eigenvalue weighted by Crippen LogP contribution is 2.30. The quantitative estimate of drug-likeness (QED) is 0.236. The second-order valence-electron chi connectivity index (χ2n) is 7.96. The van der Waals surface area contributed by atoms with Crippen molar-refractivity contribution in [1.29, 1.82) is 0 Å². The van der Waals surface area contributed by atoms with Gasteiger partial charge in [0.15, 0.2) is 11.0 Å². The van der Waals surface area contributed by atoms with Crippen LogP contribution in [-0.4, -0.2) is 33.5 Å². The normalized spacial score (nSPS) is 10.9. The fourth-order valence-electron chi connectivity index (χ4n) is 3.33. The van der Waals surface area contributed by atoms with Crippen molar-refractivity contribution in [3.05, 3.63) is 70.5 Å². The van der Waals surface area contributed by atoms with Crippen molar-refractivity contribution >= 4 is 39.3 Å². The molecule has 7 nitrogen and oxygen atoms in total. The van der Waals surface area contributed by atoms with E-state index in [-0.39, 0.29) is 18.3 Å². The number of halogens is 1. The molecule has 9 heteroatoms. The number of hydrogen-bond donors (Lipinski definition) is 1. The highest BCUT2D eigenvalue weighted by atomic mass is 79.9. The van der Waals surface area contributed by atoms with Crippen LogP contribution in [0.5, 0.6) is 11.5 Å². The van der Waals surface area contributed by atoms with Crippen LogP contribution in [0, 0.1) is 6.92 Å². The number of allylic oxidation sites excluding steroid dienone is 1. The molecule has 1 heterocycles. The minimum Gasteiger partial charge on any atom is -0.495 e. The van der Waals surface area contributed by atoms with Crippen molar-refractivity contribution in [2.75, 3.05) is 18.2 Å². The number of carbonyl (C=O) groups is 1. The van der Waals surface area contributed by atoms with Crippen molar-refractivity contribution in [3.8, 4) is 11.5 Å². The average molecular weight is 546 g/mol. The monoisotopic (exact) mass is 544 g/mol. The lowest BCUT2D eigenvalue weighted by Gasteiger charge is -2.15. The van der Waals surface area contributed by atoms with Crippen LogP contribution < -0.4 is 14.8 Å². The lowest BCUT2D eigenvalue weighted by molar-refractivity contribution is -0.113. The number of anilines is 1. The van der Waals surface area contributed by atoms with Crippen molar-refractivity contribution in [2.45, 2.75) is 45.0 Å². The zero-order valence-electron chi connectivity index (χ0n) is 19.8. The molecule has 1 amide bonds. The maximum absolute atomic E-state index is 12.6. The SMILES string of the molecule is C=CCn1c(COc2ccc(Br)cc2C(C)C)nnc1SCC(=O)Nc1cc(C)ccc1OC. The molecule has 0 aliphatic rings. The largest absolute Gasteiger partial charge is 0.495 e. The van der Waals surface area contributed by atoms with Gasteiger partial charge in [0.1, 0.15) is 18.1 Å². The van der Waals surface area contributed by atoms with Crippen molar-refractivity contribution in [1.82, 2.24) is 14.8 Å². The molecular weight excluding hydrogens is 516 g/mol. The van der Waals surface area contributed by atoms with E-state index in [9.17, 15) is 4.79 Å². The number of thioether (sulfide) groups is 1. The molecule has 0 saturated carbocycles. The molecule has 0 radical (unpaired) electrons. The summed E-state index contributed by atoms with van der Waals surface area (Å²) in [6, 6.07) is 11.6. The van der Waals surface area contributed by atoms with Gasteiger partial charge in [-0.25, -0.2) is 0 Å². The summed E-state index contributed by atoms with van der Waals surface area (Å²) >= 11 is 4.83. The molecule has 1 N–H and O–H groups in total. The van der Waals surface area contributed by atoms with Gasteiger partial charge >= 0.3 is 0 Å². The number of rotatable bonds is 11. The maximum atomic E-state index is 12.6. The number of carbonyl (C=O) groups excluding carboxylic acids is 1. The second kappa shape index (κ2) is 12.1. The fourth-order valence-corrected chi connectivity index (χ4v) is 4.47. The number of ether oxygens (including phenoxy) is 2. The van der Waals surface area contributed by atoms with Gasteiger partial charge in [0.2, 0.25) is 5.91 Å². The summed E-state index contributed by atoms with van der Waals surface area (Å²) < 4.78 is 14.4. The van der Waals surface area contributed by atoms with Crippen LogP contribution in [0.2, 0.25) is 0 Å². The Kier molecular flexibility index (Phi) is 9.18. The number of aryl methyl sites for hydroxylation is 1. The minimum absolute atomic E-state index is 0.156. The van der Waals surface area contributed by atoms with Gasteiger partial charge in [-0.3, -0.25) is 9.36 Å². The molecule has 0 spiro atoms. The predicted octanol–water partition coefficient (Wildman–Crippen LogP) is 5.98. The summed E-state index contributed by atoms with van der Waals surface area (Å²) in [6.45, 7) is 10.8. The van der Waals surface area contributed by atoms with Gasteiger partial charge in [-0.15, -0.1) is 16.8 Å². The molecule has 34 heavy (non-hydrogen) atoms. The standard InChI is InChI=1S/C25H29BrN4O3S/c1-6-11-30-23(14-33-21-10-8-18(26)13-19(21)16(2)3)28-29-25(30)34-15-24(31)27-20-12-17(4)7-9-22(20)32-5/h6-10,12-13,16H,1,11,14-15H2,2-5H3,(H,27,31). The number of nitrogens with one attached hydrogen (secondary N) is 1. The third-order valence-corrected chi connectivity index (χ3v) is 6.48. The maximum Gasteiger partial charge on any atom is 0.234 e. The second-order valence-corrected chi connectivity index (χ2v) is 9.82. The van der Waals surface area contributed by atoms with Crippen molar-refractivity contribution in [2.24, 2.45) is 0 Å². The van der Waals surface area contributed by atoms with Gasteiger partial charge in [-0.2, -0.15) is 0 Å². The molecule has 0 saturated heterocycles. The molecule has 3 rings (SSSR count). The Labute approximate surface area is 213 Å². The van der Waals surface area contributed by atoms with Crippen molar-refractivity contribution in [3.63, 3.8) is 0 Å². The highest BCUT2D eigenvalue weighted by molar-refractivity contribution is 9.10. The van der Waals surface area contributed by atoms with Gasteiger partial charge in [-0.1, -0.05) is 53.7 Å². The van der Waals surface area contributed by atoms with Gasteiger partial charge < -0.3 is 14.8 Å². The van der Waals surface area contributed by atoms with Crippen LogP contribution in [0.1, 0.15) is 36.7 Å². The molecular formula is C25H29BrN4O3S. The topological polar surface area (TPSA) is 78.3 Å².